The fourth-order valence-electron chi connectivity index (χ4n) is 2.62. The number of aliphatic carboxylic acids is 1. The third-order valence-electron chi connectivity index (χ3n) is 3.63. The number of hydrogen-bond acceptors (Lipinski definition) is 3. The molecule has 17 heavy (non-hydrogen) atoms. The maximum Gasteiger partial charge on any atom is 0.320 e. The van der Waals surface area contributed by atoms with Gasteiger partial charge in [0.25, 0.3) is 0 Å². The van der Waals surface area contributed by atoms with Gasteiger partial charge < -0.3 is 5.11 Å². The second kappa shape index (κ2) is 5.31. The van der Waals surface area contributed by atoms with E-state index in [4.69, 9.17) is 5.11 Å². The molecule has 1 aromatic heterocycles. The molecule has 1 aromatic rings. The predicted octanol–water partition coefficient (Wildman–Crippen LogP) is 1.45. The number of piperidine rings is 1. The van der Waals surface area contributed by atoms with Crippen molar-refractivity contribution in [2.24, 2.45) is 0 Å². The Labute approximate surface area is 101 Å². The van der Waals surface area contributed by atoms with E-state index in [0.717, 1.165) is 25.9 Å². The Balaban J connectivity index is 1.91. The van der Waals surface area contributed by atoms with Crippen molar-refractivity contribution >= 4 is 5.97 Å². The minimum absolute atomic E-state index is 0.319. The molecule has 0 aromatic carbocycles. The Morgan fingerprint density at radius 3 is 2.82 bits per heavy atom. The van der Waals surface area contributed by atoms with E-state index >= 15 is 0 Å². The third-order valence-corrected chi connectivity index (χ3v) is 3.63. The summed E-state index contributed by atoms with van der Waals surface area (Å²) in [6.07, 6.45) is 6.52. The number of nitrogens with one attached hydrogen (secondary N) is 1. The summed E-state index contributed by atoms with van der Waals surface area (Å²) in [6.45, 7) is 3.66. The van der Waals surface area contributed by atoms with Crippen LogP contribution in [0.4, 0.5) is 0 Å². The molecule has 1 aliphatic heterocycles. The molecule has 94 valence electrons. The van der Waals surface area contributed by atoms with Gasteiger partial charge in [0.15, 0.2) is 0 Å². The molecule has 5 nitrogen and oxygen atoms in total. The summed E-state index contributed by atoms with van der Waals surface area (Å²) in [5.41, 5.74) is 1.24. The van der Waals surface area contributed by atoms with Crippen LogP contribution >= 0.6 is 0 Å². The number of likely N-dealkylation sites (tertiary alicyclic amines) is 1. The number of carboxylic acids is 1. The highest BCUT2D eigenvalue weighted by Gasteiger charge is 2.28. The summed E-state index contributed by atoms with van der Waals surface area (Å²) in [6, 6.07) is -0.319. The summed E-state index contributed by atoms with van der Waals surface area (Å²) >= 11 is 0. The van der Waals surface area contributed by atoms with Crippen molar-refractivity contribution in [1.82, 2.24) is 15.1 Å². The Hall–Kier alpha value is -1.36. The molecule has 1 aliphatic rings. The number of carbonyl (C=O) groups is 1. The van der Waals surface area contributed by atoms with Gasteiger partial charge in [-0.2, -0.15) is 5.10 Å². The standard InChI is InChI=1S/C12H19N3O2/c1-2-11(12(16)17)15-5-3-9(4-6-15)10-7-13-14-8-10/h7-9,11H,2-6H2,1H3,(H,13,14)(H,16,17). The Kier molecular flexibility index (Phi) is 3.78. The first-order chi connectivity index (χ1) is 8.22. The van der Waals surface area contributed by atoms with Crippen LogP contribution in [0.5, 0.6) is 0 Å². The maximum atomic E-state index is 11.1. The van der Waals surface area contributed by atoms with Crippen molar-refractivity contribution in [1.29, 1.82) is 0 Å². The first-order valence-corrected chi connectivity index (χ1v) is 6.18. The van der Waals surface area contributed by atoms with Crippen molar-refractivity contribution < 1.29 is 9.90 Å². The van der Waals surface area contributed by atoms with Crippen molar-refractivity contribution in [3.05, 3.63) is 18.0 Å². The van der Waals surface area contributed by atoms with Crippen LogP contribution in [-0.4, -0.2) is 45.3 Å². The fraction of sp³-hybridized carbons (Fsp3) is 0.667. The first-order valence-electron chi connectivity index (χ1n) is 6.18. The fourth-order valence-corrected chi connectivity index (χ4v) is 2.62. The van der Waals surface area contributed by atoms with Crippen LogP contribution in [0.1, 0.15) is 37.7 Å². The van der Waals surface area contributed by atoms with E-state index in [1.54, 1.807) is 0 Å². The van der Waals surface area contributed by atoms with Gasteiger partial charge >= 0.3 is 5.97 Å². The molecule has 5 heteroatoms. The summed E-state index contributed by atoms with van der Waals surface area (Å²) in [5, 5.41) is 15.9. The molecule has 0 spiro atoms. The molecule has 2 heterocycles. The Morgan fingerprint density at radius 2 is 2.35 bits per heavy atom. The highest BCUT2D eigenvalue weighted by Crippen LogP contribution is 2.28. The van der Waals surface area contributed by atoms with Crippen LogP contribution in [0.2, 0.25) is 0 Å². The Bertz CT molecular complexity index is 356. The van der Waals surface area contributed by atoms with Crippen LogP contribution in [-0.2, 0) is 4.79 Å². The normalized spacial score (nSPS) is 20.3. The van der Waals surface area contributed by atoms with Crippen molar-refractivity contribution in [2.45, 2.75) is 38.1 Å². The zero-order valence-electron chi connectivity index (χ0n) is 10.1. The van der Waals surface area contributed by atoms with Crippen LogP contribution in [0.3, 0.4) is 0 Å². The van der Waals surface area contributed by atoms with E-state index in [1.165, 1.54) is 5.56 Å². The number of H-pyrrole nitrogens is 1. The van der Waals surface area contributed by atoms with Crippen LogP contribution in [0, 0.1) is 0 Å². The first kappa shape index (κ1) is 12.1. The van der Waals surface area contributed by atoms with Crippen molar-refractivity contribution in [2.75, 3.05) is 13.1 Å². The molecule has 0 bridgehead atoms. The quantitative estimate of drug-likeness (QED) is 0.831. The zero-order valence-corrected chi connectivity index (χ0v) is 10.1. The lowest BCUT2D eigenvalue weighted by Gasteiger charge is -2.35. The SMILES string of the molecule is CCC(C(=O)O)N1CCC(c2cn[nH]c2)CC1. The van der Waals surface area contributed by atoms with E-state index in [1.807, 2.05) is 19.3 Å². The van der Waals surface area contributed by atoms with Gasteiger partial charge in [-0.05, 0) is 43.8 Å². The molecule has 0 aliphatic carbocycles. The molecule has 1 unspecified atom stereocenters. The van der Waals surface area contributed by atoms with Crippen LogP contribution < -0.4 is 0 Å². The maximum absolute atomic E-state index is 11.1. The summed E-state index contributed by atoms with van der Waals surface area (Å²) < 4.78 is 0. The third kappa shape index (κ3) is 2.66. The van der Waals surface area contributed by atoms with Gasteiger partial charge in [0.05, 0.1) is 6.20 Å². The van der Waals surface area contributed by atoms with Crippen LogP contribution in [0.15, 0.2) is 12.4 Å². The number of rotatable bonds is 4. The summed E-state index contributed by atoms with van der Waals surface area (Å²) in [4.78, 5) is 13.2. The molecule has 1 fully saturated rings. The van der Waals surface area contributed by atoms with Gasteiger partial charge in [-0.15, -0.1) is 0 Å². The van der Waals surface area contributed by atoms with Gasteiger partial charge in [0.1, 0.15) is 6.04 Å². The number of carboxylic acid groups (broad SMARTS) is 1. The van der Waals surface area contributed by atoms with Gasteiger partial charge in [-0.25, -0.2) is 0 Å². The molecule has 0 saturated carbocycles. The van der Waals surface area contributed by atoms with Crippen molar-refractivity contribution in [3.8, 4) is 0 Å². The minimum atomic E-state index is -0.700. The zero-order chi connectivity index (χ0) is 12.3. The lowest BCUT2D eigenvalue weighted by molar-refractivity contribution is -0.143. The molecular formula is C12H19N3O2. The molecule has 1 saturated heterocycles. The van der Waals surface area contributed by atoms with Gasteiger partial charge in [-0.1, -0.05) is 6.92 Å². The van der Waals surface area contributed by atoms with E-state index in [2.05, 4.69) is 15.1 Å². The highest BCUT2D eigenvalue weighted by molar-refractivity contribution is 5.73. The minimum Gasteiger partial charge on any atom is -0.480 e. The lowest BCUT2D eigenvalue weighted by atomic mass is 9.90. The second-order valence-electron chi connectivity index (χ2n) is 4.60. The van der Waals surface area contributed by atoms with E-state index in [-0.39, 0.29) is 6.04 Å². The predicted molar refractivity (Wildman–Crippen MR) is 63.9 cm³/mol. The highest BCUT2D eigenvalue weighted by atomic mass is 16.4. The topological polar surface area (TPSA) is 69.2 Å². The van der Waals surface area contributed by atoms with Crippen molar-refractivity contribution in [3.63, 3.8) is 0 Å². The lowest BCUT2D eigenvalue weighted by Crippen LogP contribution is -2.44. The van der Waals surface area contributed by atoms with E-state index in [9.17, 15) is 4.79 Å². The monoisotopic (exact) mass is 237 g/mol. The molecular weight excluding hydrogens is 218 g/mol. The summed E-state index contributed by atoms with van der Waals surface area (Å²) in [7, 11) is 0. The largest absolute Gasteiger partial charge is 0.480 e. The average Bonchev–Trinajstić information content (AvgIpc) is 2.84. The molecule has 1 atom stereocenters. The molecule has 0 amide bonds. The van der Waals surface area contributed by atoms with E-state index in [0.29, 0.717) is 12.3 Å². The summed E-state index contributed by atoms with van der Waals surface area (Å²) in [5.74, 6) is -0.175. The van der Waals surface area contributed by atoms with Gasteiger partial charge in [0, 0.05) is 6.20 Å². The van der Waals surface area contributed by atoms with Gasteiger partial charge in [0.2, 0.25) is 0 Å². The smallest absolute Gasteiger partial charge is 0.320 e. The second-order valence-corrected chi connectivity index (χ2v) is 4.60. The Morgan fingerprint density at radius 1 is 1.65 bits per heavy atom. The van der Waals surface area contributed by atoms with Gasteiger partial charge in [-0.3, -0.25) is 14.8 Å². The number of aromatic amines is 1. The van der Waals surface area contributed by atoms with Crippen LogP contribution in [0.25, 0.3) is 0 Å². The molecule has 0 radical (unpaired) electrons. The molecule has 2 rings (SSSR count). The number of aromatic nitrogens is 2. The average molecular weight is 237 g/mol. The number of hydrogen-bond donors (Lipinski definition) is 2. The molecule has 2 N–H and O–H groups in total. The van der Waals surface area contributed by atoms with E-state index < -0.39 is 5.97 Å². The number of nitrogens with zero attached hydrogens (tertiary/aromatic N) is 2.